The molecular formula is C21H19F3N2O3. The smallest absolute Gasteiger partial charge is 0.422 e. The molecule has 1 atom stereocenters. The molecular weight excluding hydrogens is 385 g/mol. The lowest BCUT2D eigenvalue weighted by atomic mass is 9.93. The number of rotatable bonds is 5. The second-order valence-electron chi connectivity index (χ2n) is 6.57. The summed E-state index contributed by atoms with van der Waals surface area (Å²) in [7, 11) is 0. The molecule has 1 unspecified atom stereocenters. The van der Waals surface area contributed by atoms with Gasteiger partial charge in [-0.25, -0.2) is 0 Å². The van der Waals surface area contributed by atoms with Gasteiger partial charge in [-0.2, -0.15) is 13.2 Å². The normalized spacial score (nSPS) is 15.6. The van der Waals surface area contributed by atoms with Crippen LogP contribution in [0.4, 0.5) is 18.9 Å². The van der Waals surface area contributed by atoms with Crippen molar-refractivity contribution in [3.63, 3.8) is 0 Å². The maximum atomic E-state index is 12.5. The number of carbonyl (C=O) groups excluding carboxylic acids is 2. The topological polar surface area (TPSA) is 58.6 Å². The standard InChI is InChI=1S/C21H19F3N2O3/c1-14(27)26-11-10-15-4-2-3-5-18(15)19(26)12-20(28)25-16-6-8-17(9-7-16)29-13-21(22,23)24/h2-11,19H,12-13H2,1H3,(H,25,28). The highest BCUT2D eigenvalue weighted by Gasteiger charge is 2.29. The first-order valence-corrected chi connectivity index (χ1v) is 8.88. The van der Waals surface area contributed by atoms with Gasteiger partial charge in [0.05, 0.1) is 12.5 Å². The Kier molecular flexibility index (Phi) is 5.91. The zero-order valence-corrected chi connectivity index (χ0v) is 15.6. The van der Waals surface area contributed by atoms with Crippen molar-refractivity contribution in [2.75, 3.05) is 11.9 Å². The summed E-state index contributed by atoms with van der Waals surface area (Å²) in [4.78, 5) is 26.0. The Morgan fingerprint density at radius 3 is 2.45 bits per heavy atom. The van der Waals surface area contributed by atoms with Crippen LogP contribution in [0.2, 0.25) is 0 Å². The van der Waals surface area contributed by atoms with E-state index in [1.54, 1.807) is 6.20 Å². The number of nitrogens with zero attached hydrogens (tertiary/aromatic N) is 1. The number of hydrogen-bond donors (Lipinski definition) is 1. The largest absolute Gasteiger partial charge is 0.484 e. The molecule has 1 aliphatic heterocycles. The number of amides is 2. The highest BCUT2D eigenvalue weighted by atomic mass is 19.4. The molecule has 1 N–H and O–H groups in total. The number of benzene rings is 2. The van der Waals surface area contributed by atoms with Crippen molar-refractivity contribution in [3.05, 3.63) is 65.9 Å². The minimum Gasteiger partial charge on any atom is -0.484 e. The number of ether oxygens (including phenoxy) is 1. The van der Waals surface area contributed by atoms with Crippen LogP contribution in [-0.2, 0) is 9.59 Å². The number of fused-ring (bicyclic) bond motifs is 1. The fourth-order valence-corrected chi connectivity index (χ4v) is 3.10. The molecule has 2 amide bonds. The van der Waals surface area contributed by atoms with E-state index < -0.39 is 18.8 Å². The van der Waals surface area contributed by atoms with Crippen LogP contribution in [-0.4, -0.2) is 29.5 Å². The highest BCUT2D eigenvalue weighted by Crippen LogP contribution is 2.33. The maximum Gasteiger partial charge on any atom is 0.422 e. The molecule has 0 aliphatic carbocycles. The van der Waals surface area contributed by atoms with Crippen LogP contribution < -0.4 is 10.1 Å². The van der Waals surface area contributed by atoms with Gasteiger partial charge in [0.1, 0.15) is 5.75 Å². The van der Waals surface area contributed by atoms with E-state index in [0.29, 0.717) is 5.69 Å². The number of carbonyl (C=O) groups is 2. The van der Waals surface area contributed by atoms with Gasteiger partial charge < -0.3 is 15.0 Å². The first-order valence-electron chi connectivity index (χ1n) is 8.88. The molecule has 8 heteroatoms. The van der Waals surface area contributed by atoms with Crippen molar-refractivity contribution >= 4 is 23.6 Å². The van der Waals surface area contributed by atoms with E-state index >= 15 is 0 Å². The highest BCUT2D eigenvalue weighted by molar-refractivity contribution is 5.92. The molecule has 1 aliphatic rings. The second kappa shape index (κ2) is 8.38. The van der Waals surface area contributed by atoms with Crippen molar-refractivity contribution in [2.24, 2.45) is 0 Å². The van der Waals surface area contributed by atoms with Crippen LogP contribution in [0.25, 0.3) is 6.08 Å². The lowest BCUT2D eigenvalue weighted by molar-refractivity contribution is -0.153. The Labute approximate surface area is 165 Å². The summed E-state index contributed by atoms with van der Waals surface area (Å²) < 4.78 is 41.2. The van der Waals surface area contributed by atoms with Crippen LogP contribution >= 0.6 is 0 Å². The number of nitrogens with one attached hydrogen (secondary N) is 1. The van der Waals surface area contributed by atoms with Gasteiger partial charge in [-0.3, -0.25) is 9.59 Å². The third-order valence-corrected chi connectivity index (χ3v) is 4.39. The van der Waals surface area contributed by atoms with Crippen LogP contribution in [0.3, 0.4) is 0 Å². The fourth-order valence-electron chi connectivity index (χ4n) is 3.10. The third-order valence-electron chi connectivity index (χ3n) is 4.39. The van der Waals surface area contributed by atoms with Crippen LogP contribution in [0.15, 0.2) is 54.7 Å². The Morgan fingerprint density at radius 1 is 1.10 bits per heavy atom. The van der Waals surface area contributed by atoms with Crippen molar-refractivity contribution in [1.82, 2.24) is 4.90 Å². The minimum atomic E-state index is -4.42. The van der Waals surface area contributed by atoms with Gasteiger partial charge in [-0.1, -0.05) is 24.3 Å². The quantitative estimate of drug-likeness (QED) is 0.797. The summed E-state index contributed by atoms with van der Waals surface area (Å²) in [6, 6.07) is 12.7. The van der Waals surface area contributed by atoms with Crippen molar-refractivity contribution in [1.29, 1.82) is 0 Å². The van der Waals surface area contributed by atoms with E-state index in [4.69, 9.17) is 0 Å². The lowest BCUT2D eigenvalue weighted by Gasteiger charge is -2.32. The summed E-state index contributed by atoms with van der Waals surface area (Å²) in [6.45, 7) is 0.0526. The Bertz CT molecular complexity index is 924. The average molecular weight is 404 g/mol. The SMILES string of the molecule is CC(=O)N1C=Cc2ccccc2C1CC(=O)Nc1ccc(OCC(F)(F)F)cc1. The fraction of sp³-hybridized carbons (Fsp3) is 0.238. The van der Waals surface area contributed by atoms with Crippen molar-refractivity contribution in [3.8, 4) is 5.75 Å². The monoisotopic (exact) mass is 404 g/mol. The molecule has 2 aromatic carbocycles. The molecule has 1 heterocycles. The van der Waals surface area contributed by atoms with Gasteiger partial charge in [-0.15, -0.1) is 0 Å². The molecule has 3 rings (SSSR count). The predicted octanol–water partition coefficient (Wildman–Crippen LogP) is 4.53. The summed E-state index contributed by atoms with van der Waals surface area (Å²) in [5.41, 5.74) is 2.23. The van der Waals surface area contributed by atoms with E-state index in [-0.39, 0.29) is 24.0 Å². The summed E-state index contributed by atoms with van der Waals surface area (Å²) in [5, 5.41) is 2.70. The Hall–Kier alpha value is -3.29. The summed E-state index contributed by atoms with van der Waals surface area (Å²) in [6.07, 6.45) is -0.895. The predicted molar refractivity (Wildman–Crippen MR) is 102 cm³/mol. The zero-order chi connectivity index (χ0) is 21.0. The van der Waals surface area contributed by atoms with E-state index in [1.807, 2.05) is 30.3 Å². The van der Waals surface area contributed by atoms with Crippen LogP contribution in [0.1, 0.15) is 30.5 Å². The zero-order valence-electron chi connectivity index (χ0n) is 15.6. The second-order valence-corrected chi connectivity index (χ2v) is 6.57. The van der Waals surface area contributed by atoms with Gasteiger partial charge in [-0.05, 0) is 41.5 Å². The molecule has 29 heavy (non-hydrogen) atoms. The molecule has 0 radical (unpaired) electrons. The molecule has 0 saturated heterocycles. The lowest BCUT2D eigenvalue weighted by Crippen LogP contribution is -2.33. The van der Waals surface area contributed by atoms with E-state index in [1.165, 1.54) is 36.1 Å². The number of alkyl halides is 3. The summed E-state index contributed by atoms with van der Waals surface area (Å²) >= 11 is 0. The van der Waals surface area contributed by atoms with Crippen LogP contribution in [0.5, 0.6) is 5.75 Å². The van der Waals surface area contributed by atoms with E-state index in [2.05, 4.69) is 10.1 Å². The van der Waals surface area contributed by atoms with Crippen molar-refractivity contribution < 1.29 is 27.5 Å². The van der Waals surface area contributed by atoms with E-state index in [0.717, 1.165) is 11.1 Å². The maximum absolute atomic E-state index is 12.5. The first kappa shape index (κ1) is 20.4. The molecule has 152 valence electrons. The third kappa shape index (κ3) is 5.37. The average Bonchev–Trinajstić information content (AvgIpc) is 2.67. The molecule has 0 aromatic heterocycles. The minimum absolute atomic E-state index is 0.0350. The first-order chi connectivity index (χ1) is 13.7. The van der Waals surface area contributed by atoms with Gasteiger partial charge in [0.15, 0.2) is 6.61 Å². The van der Waals surface area contributed by atoms with Gasteiger partial charge in [0.25, 0.3) is 0 Å². The number of halogens is 3. The van der Waals surface area contributed by atoms with Crippen molar-refractivity contribution in [2.45, 2.75) is 25.6 Å². The van der Waals surface area contributed by atoms with Gasteiger partial charge in [0, 0.05) is 18.8 Å². The molecule has 0 saturated carbocycles. The number of hydrogen-bond acceptors (Lipinski definition) is 3. The van der Waals surface area contributed by atoms with Gasteiger partial charge >= 0.3 is 6.18 Å². The Balaban J connectivity index is 1.66. The number of anilines is 1. The van der Waals surface area contributed by atoms with E-state index in [9.17, 15) is 22.8 Å². The van der Waals surface area contributed by atoms with Gasteiger partial charge in [0.2, 0.25) is 11.8 Å². The molecule has 0 bridgehead atoms. The molecule has 0 spiro atoms. The Morgan fingerprint density at radius 2 is 1.79 bits per heavy atom. The molecule has 0 fully saturated rings. The van der Waals surface area contributed by atoms with Crippen LogP contribution in [0, 0.1) is 0 Å². The molecule has 5 nitrogen and oxygen atoms in total. The molecule has 2 aromatic rings. The summed E-state index contributed by atoms with van der Waals surface area (Å²) in [5.74, 6) is -0.454.